The second-order valence-corrected chi connectivity index (χ2v) is 4.41. The van der Waals surface area contributed by atoms with Gasteiger partial charge in [0.1, 0.15) is 11.3 Å². The quantitative estimate of drug-likeness (QED) is 0.765. The van der Waals surface area contributed by atoms with Crippen molar-refractivity contribution in [1.82, 2.24) is 10.1 Å². The number of nitrogens with one attached hydrogen (secondary N) is 1. The minimum absolute atomic E-state index is 0.0387. The van der Waals surface area contributed by atoms with Crippen LogP contribution in [0.2, 0.25) is 0 Å². The molecule has 3 aromatic rings. The molecule has 0 aliphatic carbocycles. The first-order chi connectivity index (χ1) is 9.61. The van der Waals surface area contributed by atoms with Crippen molar-refractivity contribution in [3.8, 4) is 17.1 Å². The van der Waals surface area contributed by atoms with Crippen LogP contribution in [0.3, 0.4) is 0 Å². The molecule has 2 heterocycles. The number of H-pyrrole nitrogens is 1. The third kappa shape index (κ3) is 1.73. The molecule has 0 spiro atoms. The lowest BCUT2D eigenvalue weighted by Crippen LogP contribution is -1.96. The van der Waals surface area contributed by atoms with E-state index in [0.29, 0.717) is 11.3 Å². The summed E-state index contributed by atoms with van der Waals surface area (Å²) in [6.07, 6.45) is 1.20. The number of hydrogen-bond donors (Lipinski definition) is 2. The molecular weight excluding hydrogens is 260 g/mol. The van der Waals surface area contributed by atoms with Crippen LogP contribution in [-0.4, -0.2) is 28.3 Å². The zero-order valence-corrected chi connectivity index (χ0v) is 10.9. The highest BCUT2D eigenvalue weighted by atomic mass is 16.5. The maximum absolute atomic E-state index is 11.2. The van der Waals surface area contributed by atoms with Gasteiger partial charge in [0.05, 0.1) is 13.3 Å². The summed E-state index contributed by atoms with van der Waals surface area (Å²) in [6, 6.07) is 5.55. The molecule has 0 fully saturated rings. The SMILES string of the molecule is COc1ccc2[nH]c(C)c(-c3oncc3C(=O)O)c2c1. The monoisotopic (exact) mass is 272 g/mol. The van der Waals surface area contributed by atoms with Gasteiger partial charge in [-0.3, -0.25) is 0 Å². The number of nitrogens with zero attached hydrogens (tertiary/aromatic N) is 1. The van der Waals surface area contributed by atoms with Crippen molar-refractivity contribution in [1.29, 1.82) is 0 Å². The first-order valence-corrected chi connectivity index (χ1v) is 5.96. The smallest absolute Gasteiger partial charge is 0.341 e. The molecule has 20 heavy (non-hydrogen) atoms. The summed E-state index contributed by atoms with van der Waals surface area (Å²) < 4.78 is 10.3. The summed E-state index contributed by atoms with van der Waals surface area (Å²) in [4.78, 5) is 14.4. The van der Waals surface area contributed by atoms with Crippen LogP contribution < -0.4 is 4.74 Å². The number of carboxylic acids is 1. The maximum Gasteiger partial charge on any atom is 0.341 e. The van der Waals surface area contributed by atoms with E-state index in [1.54, 1.807) is 7.11 Å². The Morgan fingerprint density at radius 2 is 2.25 bits per heavy atom. The topological polar surface area (TPSA) is 88.4 Å². The van der Waals surface area contributed by atoms with E-state index in [1.165, 1.54) is 6.20 Å². The summed E-state index contributed by atoms with van der Waals surface area (Å²) in [5.74, 6) is -0.137. The first kappa shape index (κ1) is 12.3. The third-order valence-electron chi connectivity index (χ3n) is 3.22. The van der Waals surface area contributed by atoms with Crippen molar-refractivity contribution in [3.05, 3.63) is 35.7 Å². The number of ether oxygens (including phenoxy) is 1. The molecule has 0 amide bonds. The number of aromatic carboxylic acids is 1. The van der Waals surface area contributed by atoms with Crippen LogP contribution in [0.4, 0.5) is 0 Å². The largest absolute Gasteiger partial charge is 0.497 e. The van der Waals surface area contributed by atoms with Crippen LogP contribution in [-0.2, 0) is 0 Å². The van der Waals surface area contributed by atoms with Crippen LogP contribution in [0.25, 0.3) is 22.2 Å². The summed E-state index contributed by atoms with van der Waals surface area (Å²) in [6.45, 7) is 1.86. The maximum atomic E-state index is 11.2. The Bertz CT molecular complexity index is 801. The van der Waals surface area contributed by atoms with Gasteiger partial charge in [-0.05, 0) is 25.1 Å². The molecule has 6 heteroatoms. The van der Waals surface area contributed by atoms with Crippen LogP contribution in [0.5, 0.6) is 5.75 Å². The summed E-state index contributed by atoms with van der Waals surface area (Å²) in [5.41, 5.74) is 2.42. The van der Waals surface area contributed by atoms with Crippen LogP contribution in [0.15, 0.2) is 28.9 Å². The van der Waals surface area contributed by atoms with Crippen molar-refractivity contribution in [2.75, 3.05) is 7.11 Å². The number of carboxylic acid groups (broad SMARTS) is 1. The normalized spacial score (nSPS) is 10.9. The molecule has 2 aromatic heterocycles. The lowest BCUT2D eigenvalue weighted by Gasteiger charge is -2.01. The first-order valence-electron chi connectivity index (χ1n) is 5.96. The predicted octanol–water partition coefficient (Wildman–Crippen LogP) is 2.84. The lowest BCUT2D eigenvalue weighted by molar-refractivity contribution is 0.0697. The summed E-state index contributed by atoms with van der Waals surface area (Å²) >= 11 is 0. The summed E-state index contributed by atoms with van der Waals surface area (Å²) in [5, 5.41) is 13.6. The molecule has 2 N–H and O–H groups in total. The van der Waals surface area contributed by atoms with E-state index in [-0.39, 0.29) is 11.3 Å². The molecule has 1 aromatic carbocycles. The van der Waals surface area contributed by atoms with Gasteiger partial charge in [-0.25, -0.2) is 4.79 Å². The van der Waals surface area contributed by atoms with E-state index in [1.807, 2.05) is 25.1 Å². The summed E-state index contributed by atoms with van der Waals surface area (Å²) in [7, 11) is 1.58. The van der Waals surface area contributed by atoms with E-state index in [2.05, 4.69) is 10.1 Å². The van der Waals surface area contributed by atoms with Gasteiger partial charge in [-0.2, -0.15) is 0 Å². The number of hydrogen-bond acceptors (Lipinski definition) is 4. The molecule has 102 valence electrons. The van der Waals surface area contributed by atoms with Gasteiger partial charge in [-0.15, -0.1) is 0 Å². The number of aromatic nitrogens is 2. The Morgan fingerprint density at radius 3 is 2.95 bits per heavy atom. The highest BCUT2D eigenvalue weighted by Gasteiger charge is 2.22. The van der Waals surface area contributed by atoms with Gasteiger partial charge >= 0.3 is 5.97 Å². The van der Waals surface area contributed by atoms with E-state index in [0.717, 1.165) is 16.6 Å². The molecule has 0 atom stereocenters. The van der Waals surface area contributed by atoms with Gasteiger partial charge in [0.2, 0.25) is 0 Å². The fraction of sp³-hybridized carbons (Fsp3) is 0.143. The second-order valence-electron chi connectivity index (χ2n) is 4.41. The van der Waals surface area contributed by atoms with Crippen molar-refractivity contribution in [2.24, 2.45) is 0 Å². The van der Waals surface area contributed by atoms with Gasteiger partial charge in [0.25, 0.3) is 0 Å². The minimum Gasteiger partial charge on any atom is -0.497 e. The Morgan fingerprint density at radius 1 is 1.45 bits per heavy atom. The van der Waals surface area contributed by atoms with E-state index in [9.17, 15) is 9.90 Å². The van der Waals surface area contributed by atoms with Crippen molar-refractivity contribution in [3.63, 3.8) is 0 Å². The van der Waals surface area contributed by atoms with Crippen LogP contribution >= 0.6 is 0 Å². The Labute approximate surface area is 114 Å². The average molecular weight is 272 g/mol. The Balaban J connectivity index is 2.32. The second kappa shape index (κ2) is 4.41. The van der Waals surface area contributed by atoms with Gasteiger partial charge < -0.3 is 19.4 Å². The molecule has 0 saturated heterocycles. The van der Waals surface area contributed by atoms with Crippen LogP contribution in [0, 0.1) is 6.92 Å². The highest BCUT2D eigenvalue weighted by Crippen LogP contribution is 2.35. The zero-order valence-electron chi connectivity index (χ0n) is 10.9. The van der Waals surface area contributed by atoms with Crippen molar-refractivity contribution < 1.29 is 19.2 Å². The molecular formula is C14H12N2O4. The molecule has 6 nitrogen and oxygen atoms in total. The van der Waals surface area contributed by atoms with Crippen LogP contribution in [0.1, 0.15) is 16.1 Å². The zero-order chi connectivity index (χ0) is 14.3. The predicted molar refractivity (Wildman–Crippen MR) is 72.0 cm³/mol. The number of aromatic amines is 1. The number of rotatable bonds is 3. The van der Waals surface area contributed by atoms with Crippen molar-refractivity contribution in [2.45, 2.75) is 6.92 Å². The molecule has 0 radical (unpaired) electrons. The molecule has 0 unspecified atom stereocenters. The van der Waals surface area contributed by atoms with Crippen molar-refractivity contribution >= 4 is 16.9 Å². The number of fused-ring (bicyclic) bond motifs is 1. The fourth-order valence-corrected chi connectivity index (χ4v) is 2.30. The van der Waals surface area contributed by atoms with Gasteiger partial charge in [0.15, 0.2) is 5.76 Å². The highest BCUT2D eigenvalue weighted by molar-refractivity contribution is 6.02. The minimum atomic E-state index is -1.07. The molecule has 0 aliphatic heterocycles. The van der Waals surface area contributed by atoms with Gasteiger partial charge in [-0.1, -0.05) is 5.16 Å². The Kier molecular flexibility index (Phi) is 2.71. The number of benzene rings is 1. The Hall–Kier alpha value is -2.76. The molecule has 0 aliphatic rings. The molecule has 0 saturated carbocycles. The number of carbonyl (C=O) groups is 1. The number of methoxy groups -OCH3 is 1. The average Bonchev–Trinajstić information content (AvgIpc) is 3.00. The van der Waals surface area contributed by atoms with E-state index < -0.39 is 5.97 Å². The lowest BCUT2D eigenvalue weighted by atomic mass is 10.1. The van der Waals surface area contributed by atoms with E-state index >= 15 is 0 Å². The molecule has 0 bridgehead atoms. The fourth-order valence-electron chi connectivity index (χ4n) is 2.30. The number of aryl methyl sites for hydroxylation is 1. The standard InChI is InChI=1S/C14H12N2O4/c1-7-12(13-10(14(17)18)6-15-20-13)9-5-8(19-2)3-4-11(9)16-7/h3-6,16H,1-2H3,(H,17,18). The third-order valence-corrected chi connectivity index (χ3v) is 3.22. The van der Waals surface area contributed by atoms with E-state index in [4.69, 9.17) is 9.26 Å². The molecule has 3 rings (SSSR count). The van der Waals surface area contributed by atoms with Gasteiger partial charge in [0, 0.05) is 22.2 Å².